The smallest absolute Gasteiger partial charge is 0.238 e. The highest BCUT2D eigenvalue weighted by Gasteiger charge is 2.57. The van der Waals surface area contributed by atoms with Crippen molar-refractivity contribution in [3.05, 3.63) is 35.4 Å². The molecule has 1 aliphatic heterocycles. The van der Waals surface area contributed by atoms with E-state index in [0.29, 0.717) is 39.1 Å². The van der Waals surface area contributed by atoms with E-state index >= 15 is 0 Å². The number of rotatable bonds is 6. The van der Waals surface area contributed by atoms with Crippen LogP contribution in [0.5, 0.6) is 0 Å². The van der Waals surface area contributed by atoms with Gasteiger partial charge >= 0.3 is 0 Å². The van der Waals surface area contributed by atoms with Gasteiger partial charge in [-0.15, -0.1) is 0 Å². The summed E-state index contributed by atoms with van der Waals surface area (Å²) in [6.45, 7) is 2.50. The van der Waals surface area contributed by atoms with Gasteiger partial charge in [0.15, 0.2) is 0 Å². The Kier molecular flexibility index (Phi) is 4.66. The summed E-state index contributed by atoms with van der Waals surface area (Å²) in [4.78, 5) is 27.1. The standard InChI is InChI=1S/C18H24N2O3/c1-23-12-4-10-19-16(21)18(8-9-18)17(22)20-11-7-14-5-2-3-6-15(14)13-20/h2-3,5-6H,4,7-13H2,1H3,(H,19,21). The molecule has 1 heterocycles. The second-order valence-electron chi connectivity index (χ2n) is 6.43. The lowest BCUT2D eigenvalue weighted by molar-refractivity contribution is -0.145. The number of hydrogen-bond acceptors (Lipinski definition) is 3. The third kappa shape index (κ3) is 3.24. The fourth-order valence-electron chi connectivity index (χ4n) is 3.22. The summed E-state index contributed by atoms with van der Waals surface area (Å²) in [6.07, 6.45) is 2.97. The average molecular weight is 316 g/mol. The predicted octanol–water partition coefficient (Wildman–Crippen LogP) is 1.50. The highest BCUT2D eigenvalue weighted by molar-refractivity contribution is 6.07. The van der Waals surface area contributed by atoms with Crippen LogP contribution in [0.15, 0.2) is 24.3 Å². The third-order valence-corrected chi connectivity index (χ3v) is 4.82. The Morgan fingerprint density at radius 2 is 2.00 bits per heavy atom. The van der Waals surface area contributed by atoms with E-state index in [1.807, 2.05) is 17.0 Å². The Bertz CT molecular complexity index is 596. The van der Waals surface area contributed by atoms with Gasteiger partial charge in [0.05, 0.1) is 0 Å². The maximum Gasteiger partial charge on any atom is 0.238 e. The summed E-state index contributed by atoms with van der Waals surface area (Å²) < 4.78 is 4.97. The minimum atomic E-state index is -0.806. The molecule has 1 fully saturated rings. The van der Waals surface area contributed by atoms with Gasteiger partial charge in [0.1, 0.15) is 5.41 Å². The minimum absolute atomic E-state index is 0.00348. The normalized spacial score (nSPS) is 18.2. The number of hydrogen-bond donors (Lipinski definition) is 1. The van der Waals surface area contributed by atoms with Gasteiger partial charge in [0.25, 0.3) is 0 Å². The maximum atomic E-state index is 12.9. The largest absolute Gasteiger partial charge is 0.385 e. The number of nitrogens with zero attached hydrogens (tertiary/aromatic N) is 1. The van der Waals surface area contributed by atoms with E-state index < -0.39 is 5.41 Å². The number of methoxy groups -OCH3 is 1. The second-order valence-corrected chi connectivity index (χ2v) is 6.43. The molecular formula is C18H24N2O3. The fraction of sp³-hybridized carbons (Fsp3) is 0.556. The van der Waals surface area contributed by atoms with Crippen molar-refractivity contribution >= 4 is 11.8 Å². The zero-order chi connectivity index (χ0) is 16.3. The lowest BCUT2D eigenvalue weighted by Gasteiger charge is -2.31. The van der Waals surface area contributed by atoms with Crippen molar-refractivity contribution in [1.82, 2.24) is 10.2 Å². The Morgan fingerprint density at radius 1 is 1.26 bits per heavy atom. The molecule has 5 nitrogen and oxygen atoms in total. The summed E-state index contributed by atoms with van der Waals surface area (Å²) >= 11 is 0. The summed E-state index contributed by atoms with van der Waals surface area (Å²) in [5.74, 6) is -0.117. The number of carbonyl (C=O) groups is 2. The van der Waals surface area contributed by atoms with Crippen molar-refractivity contribution in [2.45, 2.75) is 32.2 Å². The first-order valence-electron chi connectivity index (χ1n) is 8.31. The van der Waals surface area contributed by atoms with Gasteiger partial charge < -0.3 is 15.0 Å². The van der Waals surface area contributed by atoms with E-state index in [0.717, 1.165) is 12.8 Å². The van der Waals surface area contributed by atoms with Gasteiger partial charge in [-0.2, -0.15) is 0 Å². The van der Waals surface area contributed by atoms with Crippen LogP contribution in [0.4, 0.5) is 0 Å². The molecule has 23 heavy (non-hydrogen) atoms. The van der Waals surface area contributed by atoms with Crippen LogP contribution in [-0.4, -0.2) is 43.5 Å². The maximum absolute atomic E-state index is 12.9. The van der Waals surface area contributed by atoms with Gasteiger partial charge in [-0.25, -0.2) is 0 Å². The van der Waals surface area contributed by atoms with Crippen LogP contribution in [0.2, 0.25) is 0 Å². The molecule has 2 aliphatic rings. The summed E-state index contributed by atoms with van der Waals surface area (Å²) in [5, 5.41) is 2.89. The molecule has 0 spiro atoms. The second kappa shape index (κ2) is 6.71. The number of amides is 2. The van der Waals surface area contributed by atoms with E-state index in [4.69, 9.17) is 4.74 Å². The lowest BCUT2D eigenvalue weighted by Crippen LogP contribution is -2.47. The summed E-state index contributed by atoms with van der Waals surface area (Å²) in [7, 11) is 1.64. The third-order valence-electron chi connectivity index (χ3n) is 4.82. The first-order chi connectivity index (χ1) is 11.2. The van der Waals surface area contributed by atoms with E-state index in [1.165, 1.54) is 11.1 Å². The Morgan fingerprint density at radius 3 is 2.70 bits per heavy atom. The molecular weight excluding hydrogens is 292 g/mol. The SMILES string of the molecule is COCCCNC(=O)C1(C(=O)N2CCc3ccccc3C2)CC1. The topological polar surface area (TPSA) is 58.6 Å². The molecule has 3 rings (SSSR count). The van der Waals surface area contributed by atoms with Crippen molar-refractivity contribution in [2.75, 3.05) is 26.8 Å². The molecule has 0 atom stereocenters. The Balaban J connectivity index is 1.61. The molecule has 0 unspecified atom stereocenters. The highest BCUT2D eigenvalue weighted by atomic mass is 16.5. The van der Waals surface area contributed by atoms with Crippen LogP contribution in [0.3, 0.4) is 0 Å². The van der Waals surface area contributed by atoms with Crippen LogP contribution in [0.25, 0.3) is 0 Å². The van der Waals surface area contributed by atoms with Crippen molar-refractivity contribution in [2.24, 2.45) is 5.41 Å². The Labute approximate surface area is 137 Å². The van der Waals surface area contributed by atoms with Crippen LogP contribution >= 0.6 is 0 Å². The van der Waals surface area contributed by atoms with Crippen LogP contribution in [0.1, 0.15) is 30.4 Å². The summed E-state index contributed by atoms with van der Waals surface area (Å²) in [6, 6.07) is 8.22. The van der Waals surface area contributed by atoms with Crippen molar-refractivity contribution in [3.63, 3.8) is 0 Å². The lowest BCUT2D eigenvalue weighted by atomic mass is 9.97. The summed E-state index contributed by atoms with van der Waals surface area (Å²) in [5.41, 5.74) is 1.70. The monoisotopic (exact) mass is 316 g/mol. The zero-order valence-corrected chi connectivity index (χ0v) is 13.6. The van der Waals surface area contributed by atoms with Gasteiger partial charge in [-0.05, 0) is 36.8 Å². The molecule has 1 saturated carbocycles. The predicted molar refractivity (Wildman–Crippen MR) is 86.7 cm³/mol. The van der Waals surface area contributed by atoms with Gasteiger partial charge in [-0.1, -0.05) is 24.3 Å². The van der Waals surface area contributed by atoms with E-state index in [-0.39, 0.29) is 11.8 Å². The number of benzene rings is 1. The van der Waals surface area contributed by atoms with Crippen LogP contribution < -0.4 is 5.32 Å². The Hall–Kier alpha value is -1.88. The number of nitrogens with one attached hydrogen (secondary N) is 1. The van der Waals surface area contributed by atoms with Gasteiger partial charge in [0.2, 0.25) is 11.8 Å². The number of ether oxygens (including phenoxy) is 1. The molecule has 124 valence electrons. The number of fused-ring (bicyclic) bond motifs is 1. The molecule has 0 bridgehead atoms. The molecule has 0 aromatic heterocycles. The molecule has 5 heteroatoms. The number of carbonyl (C=O) groups excluding carboxylic acids is 2. The van der Waals surface area contributed by atoms with Crippen LogP contribution in [0, 0.1) is 5.41 Å². The van der Waals surface area contributed by atoms with Gasteiger partial charge in [-0.3, -0.25) is 9.59 Å². The highest BCUT2D eigenvalue weighted by Crippen LogP contribution is 2.48. The minimum Gasteiger partial charge on any atom is -0.385 e. The van der Waals surface area contributed by atoms with Crippen molar-refractivity contribution in [3.8, 4) is 0 Å². The van der Waals surface area contributed by atoms with Crippen molar-refractivity contribution < 1.29 is 14.3 Å². The molecule has 0 saturated heterocycles. The molecule has 1 aromatic carbocycles. The first-order valence-corrected chi connectivity index (χ1v) is 8.31. The van der Waals surface area contributed by atoms with Crippen molar-refractivity contribution in [1.29, 1.82) is 0 Å². The van der Waals surface area contributed by atoms with E-state index in [2.05, 4.69) is 17.4 Å². The van der Waals surface area contributed by atoms with E-state index in [1.54, 1.807) is 7.11 Å². The fourth-order valence-corrected chi connectivity index (χ4v) is 3.22. The van der Waals surface area contributed by atoms with Gasteiger partial charge in [0, 0.05) is 33.4 Å². The van der Waals surface area contributed by atoms with E-state index in [9.17, 15) is 9.59 Å². The van der Waals surface area contributed by atoms with Crippen LogP contribution in [-0.2, 0) is 27.3 Å². The molecule has 2 amide bonds. The molecule has 1 aromatic rings. The average Bonchev–Trinajstić information content (AvgIpc) is 3.39. The molecule has 0 radical (unpaired) electrons. The molecule has 1 aliphatic carbocycles. The first kappa shape index (κ1) is 16.0. The molecule has 1 N–H and O–H groups in total. The quantitative estimate of drug-likeness (QED) is 0.639. The zero-order valence-electron chi connectivity index (χ0n) is 13.6.